The monoisotopic (exact) mass is 408 g/mol. The lowest BCUT2D eigenvalue weighted by atomic mass is 9.44. The standard InChI is InChI=1S/C22H26F2O5/c1-11-6-13-14-8-16(23)15-7-12(26)4-5-19(15,2)21(14,24)17(27)9-20(13,3)22(11,29)18(28)10-25/h4-5,7,13-14,16-17,25,27,29H,1,6,8-10H2,2-3H3/t13-,14-,16?,17?,19-,20-,21-,22-/m0/s1. The minimum atomic E-state index is -2.28. The van der Waals surface area contributed by atoms with Crippen molar-refractivity contribution in [2.75, 3.05) is 6.61 Å². The molecule has 0 aliphatic heterocycles. The Morgan fingerprint density at radius 3 is 2.62 bits per heavy atom. The van der Waals surface area contributed by atoms with E-state index in [2.05, 4.69) is 6.58 Å². The van der Waals surface area contributed by atoms with Crippen LogP contribution in [0, 0.1) is 22.7 Å². The molecule has 0 aromatic rings. The second-order valence-corrected chi connectivity index (χ2v) is 9.46. The number of halogens is 2. The van der Waals surface area contributed by atoms with Crippen LogP contribution < -0.4 is 0 Å². The highest BCUT2D eigenvalue weighted by Gasteiger charge is 2.76. The first-order chi connectivity index (χ1) is 13.4. The minimum Gasteiger partial charge on any atom is -0.390 e. The Balaban J connectivity index is 1.88. The number of hydrogen-bond donors (Lipinski definition) is 3. The number of aliphatic hydroxyl groups is 3. The van der Waals surface area contributed by atoms with Crippen LogP contribution in [-0.2, 0) is 9.59 Å². The lowest BCUT2D eigenvalue weighted by Gasteiger charge is -2.62. The average Bonchev–Trinajstić information content (AvgIpc) is 2.86. The maximum Gasteiger partial charge on any atom is 0.194 e. The van der Waals surface area contributed by atoms with E-state index in [1.807, 2.05) is 0 Å². The number of alkyl halides is 2. The van der Waals surface area contributed by atoms with E-state index < -0.39 is 64.4 Å². The molecule has 2 unspecified atom stereocenters. The molecule has 29 heavy (non-hydrogen) atoms. The highest BCUT2D eigenvalue weighted by molar-refractivity contribution is 6.01. The number of ketones is 2. The van der Waals surface area contributed by atoms with Crippen molar-refractivity contribution in [1.82, 2.24) is 0 Å². The molecule has 5 nitrogen and oxygen atoms in total. The van der Waals surface area contributed by atoms with Gasteiger partial charge in [0.25, 0.3) is 0 Å². The summed E-state index contributed by atoms with van der Waals surface area (Å²) in [5, 5.41) is 31.7. The van der Waals surface area contributed by atoms with Crippen molar-refractivity contribution in [3.8, 4) is 0 Å². The number of carbonyl (C=O) groups excluding carboxylic acids is 2. The smallest absolute Gasteiger partial charge is 0.194 e. The third kappa shape index (κ3) is 2.13. The van der Waals surface area contributed by atoms with Crippen molar-refractivity contribution < 1.29 is 33.7 Å². The first-order valence-corrected chi connectivity index (χ1v) is 9.89. The van der Waals surface area contributed by atoms with Crippen molar-refractivity contribution in [3.63, 3.8) is 0 Å². The predicted molar refractivity (Wildman–Crippen MR) is 100 cm³/mol. The lowest BCUT2D eigenvalue weighted by molar-refractivity contribution is -0.220. The molecule has 8 atom stereocenters. The SMILES string of the molecule is C=C1C[C@H]2[C@@H]3CC(F)C4=CC(=O)C=C[C@]4(C)[C@@]3(F)C(O)C[C@]2(C)[C@@]1(O)C(=O)CO. The van der Waals surface area contributed by atoms with Crippen LogP contribution in [-0.4, -0.2) is 57.0 Å². The molecule has 0 spiro atoms. The van der Waals surface area contributed by atoms with Crippen LogP contribution in [0.25, 0.3) is 0 Å². The number of rotatable bonds is 2. The Bertz CT molecular complexity index is 880. The van der Waals surface area contributed by atoms with Crippen LogP contribution in [0.5, 0.6) is 0 Å². The van der Waals surface area contributed by atoms with Gasteiger partial charge >= 0.3 is 0 Å². The van der Waals surface area contributed by atoms with E-state index in [9.17, 15) is 24.9 Å². The Hall–Kier alpha value is -1.70. The summed E-state index contributed by atoms with van der Waals surface area (Å²) in [6.07, 6.45) is 0.00254. The van der Waals surface area contributed by atoms with E-state index in [4.69, 9.17) is 0 Å². The zero-order valence-electron chi connectivity index (χ0n) is 16.5. The van der Waals surface area contributed by atoms with Gasteiger partial charge in [0.05, 0.1) is 6.10 Å². The molecule has 0 bridgehead atoms. The molecule has 3 N–H and O–H groups in total. The molecular weight excluding hydrogens is 382 g/mol. The van der Waals surface area contributed by atoms with Crippen LogP contribution in [0.3, 0.4) is 0 Å². The summed E-state index contributed by atoms with van der Waals surface area (Å²) in [7, 11) is 0. The summed E-state index contributed by atoms with van der Waals surface area (Å²) in [6.45, 7) is 5.96. The van der Waals surface area contributed by atoms with Gasteiger partial charge in [0.15, 0.2) is 22.8 Å². The molecule has 0 saturated heterocycles. The molecule has 0 amide bonds. The fourth-order valence-electron chi connectivity index (χ4n) is 6.79. The van der Waals surface area contributed by atoms with E-state index in [1.165, 1.54) is 19.1 Å². The van der Waals surface area contributed by atoms with E-state index in [1.54, 1.807) is 6.92 Å². The summed E-state index contributed by atoms with van der Waals surface area (Å²) in [4.78, 5) is 24.3. The van der Waals surface area contributed by atoms with Gasteiger partial charge in [-0.15, -0.1) is 0 Å². The molecule has 4 aliphatic rings. The van der Waals surface area contributed by atoms with Gasteiger partial charge in [-0.3, -0.25) is 9.59 Å². The summed E-state index contributed by atoms with van der Waals surface area (Å²) >= 11 is 0. The van der Waals surface area contributed by atoms with Crippen molar-refractivity contribution in [2.45, 2.75) is 56.7 Å². The molecule has 0 aromatic carbocycles. The van der Waals surface area contributed by atoms with Crippen molar-refractivity contribution >= 4 is 11.6 Å². The molecule has 3 saturated carbocycles. The first-order valence-electron chi connectivity index (χ1n) is 9.89. The van der Waals surface area contributed by atoms with Crippen LogP contribution in [0.2, 0.25) is 0 Å². The molecule has 4 aliphatic carbocycles. The highest BCUT2D eigenvalue weighted by atomic mass is 19.1. The summed E-state index contributed by atoms with van der Waals surface area (Å²) in [5.74, 6) is -2.95. The Labute approximate surface area is 167 Å². The van der Waals surface area contributed by atoms with E-state index in [0.717, 1.165) is 6.08 Å². The highest BCUT2D eigenvalue weighted by Crippen LogP contribution is 2.70. The Morgan fingerprint density at radius 1 is 1.34 bits per heavy atom. The topological polar surface area (TPSA) is 94.8 Å². The molecule has 0 radical (unpaired) electrons. The normalized spacial score (nSPS) is 51.2. The van der Waals surface area contributed by atoms with Crippen LogP contribution in [0.1, 0.15) is 33.1 Å². The zero-order valence-corrected chi connectivity index (χ0v) is 16.5. The van der Waals surface area contributed by atoms with Gasteiger partial charge < -0.3 is 15.3 Å². The quantitative estimate of drug-likeness (QED) is 0.606. The van der Waals surface area contributed by atoms with Crippen molar-refractivity contribution in [3.05, 3.63) is 36.0 Å². The largest absolute Gasteiger partial charge is 0.390 e. The third-order valence-electron chi connectivity index (χ3n) is 8.37. The van der Waals surface area contributed by atoms with Crippen LogP contribution in [0.4, 0.5) is 8.78 Å². The number of hydrogen-bond acceptors (Lipinski definition) is 5. The molecule has 7 heteroatoms. The molecular formula is C22H26F2O5. The molecule has 3 fully saturated rings. The molecule has 4 rings (SSSR count). The predicted octanol–water partition coefficient (Wildman–Crippen LogP) is 1.76. The molecule has 0 aromatic heterocycles. The second kappa shape index (κ2) is 5.93. The van der Waals surface area contributed by atoms with Gasteiger partial charge in [-0.25, -0.2) is 8.78 Å². The minimum absolute atomic E-state index is 0.0184. The van der Waals surface area contributed by atoms with Gasteiger partial charge in [0.1, 0.15) is 12.8 Å². The molecule has 158 valence electrons. The van der Waals surface area contributed by atoms with Crippen LogP contribution >= 0.6 is 0 Å². The summed E-state index contributed by atoms with van der Waals surface area (Å²) < 4.78 is 32.0. The van der Waals surface area contributed by atoms with Gasteiger partial charge in [-0.2, -0.15) is 0 Å². The van der Waals surface area contributed by atoms with Crippen LogP contribution in [0.15, 0.2) is 36.0 Å². The second-order valence-electron chi connectivity index (χ2n) is 9.46. The number of aliphatic hydroxyl groups excluding tert-OH is 2. The lowest BCUT2D eigenvalue weighted by Crippen LogP contribution is -2.70. The van der Waals surface area contributed by atoms with Crippen molar-refractivity contribution in [2.24, 2.45) is 22.7 Å². The van der Waals surface area contributed by atoms with Gasteiger partial charge in [-0.1, -0.05) is 19.6 Å². The zero-order chi connectivity index (χ0) is 21.6. The molecule has 0 heterocycles. The van der Waals surface area contributed by atoms with E-state index in [-0.39, 0.29) is 30.4 Å². The maximum absolute atomic E-state index is 16.8. The maximum atomic E-state index is 16.8. The Kier molecular flexibility index (Phi) is 4.20. The first kappa shape index (κ1) is 20.6. The number of allylic oxidation sites excluding steroid dienone is 4. The van der Waals surface area contributed by atoms with E-state index in [0.29, 0.717) is 0 Å². The Morgan fingerprint density at radius 2 is 2.00 bits per heavy atom. The fourth-order valence-corrected chi connectivity index (χ4v) is 6.79. The number of carbonyl (C=O) groups is 2. The average molecular weight is 408 g/mol. The number of Topliss-reactive ketones (excluding diaryl/α,β-unsaturated/α-hetero) is 1. The van der Waals surface area contributed by atoms with E-state index >= 15 is 8.78 Å². The number of fused-ring (bicyclic) bond motifs is 5. The van der Waals surface area contributed by atoms with Gasteiger partial charge in [0.2, 0.25) is 0 Å². The van der Waals surface area contributed by atoms with Gasteiger partial charge in [-0.05, 0) is 55.4 Å². The summed E-state index contributed by atoms with van der Waals surface area (Å²) in [6, 6.07) is 0. The fraction of sp³-hybridized carbons (Fsp3) is 0.636. The van der Waals surface area contributed by atoms with Crippen molar-refractivity contribution in [1.29, 1.82) is 0 Å². The summed E-state index contributed by atoms with van der Waals surface area (Å²) in [5.41, 5.74) is -7.05. The third-order valence-corrected chi connectivity index (χ3v) is 8.37. The van der Waals surface area contributed by atoms with Gasteiger partial charge in [0, 0.05) is 16.7 Å².